The molecule has 2 N–H and O–H groups in total. The van der Waals surface area contributed by atoms with Crippen molar-refractivity contribution < 1.29 is 17.4 Å². The second-order valence-corrected chi connectivity index (χ2v) is 8.42. The molecule has 0 bridgehead atoms. The first kappa shape index (κ1) is 22.2. The van der Waals surface area contributed by atoms with E-state index in [0.29, 0.717) is 24.8 Å². The highest BCUT2D eigenvalue weighted by molar-refractivity contribution is 7.85. The van der Waals surface area contributed by atoms with Gasteiger partial charge in [0.25, 0.3) is 0 Å². The molecule has 0 spiro atoms. The lowest BCUT2D eigenvalue weighted by atomic mass is 9.95. The molecule has 1 aliphatic rings. The van der Waals surface area contributed by atoms with Gasteiger partial charge in [0.1, 0.15) is 0 Å². The summed E-state index contributed by atoms with van der Waals surface area (Å²) in [6.07, 6.45) is -0.321. The van der Waals surface area contributed by atoms with Crippen LogP contribution in [0.3, 0.4) is 0 Å². The van der Waals surface area contributed by atoms with Crippen LogP contribution in [0.1, 0.15) is 39.5 Å². The van der Waals surface area contributed by atoms with Gasteiger partial charge in [0.2, 0.25) is 0 Å². The minimum Gasteiger partial charge on any atom is -0.357 e. The van der Waals surface area contributed by atoms with Crippen LogP contribution in [-0.4, -0.2) is 71.5 Å². The lowest BCUT2D eigenvalue weighted by molar-refractivity contribution is -0.142. The number of likely N-dealkylation sites (N-methyl/N-ethyl adjacent to an activating group) is 1. The third-order valence-corrected chi connectivity index (χ3v) is 5.91. The molecule has 0 aromatic heterocycles. The maximum absolute atomic E-state index is 12.3. The van der Waals surface area contributed by atoms with Crippen LogP contribution >= 0.6 is 0 Å². The average Bonchev–Trinajstić information content (AvgIpc) is 2.52. The van der Waals surface area contributed by atoms with Crippen LogP contribution in [-0.2, 0) is 10.8 Å². The highest BCUT2D eigenvalue weighted by Gasteiger charge is 2.29. The van der Waals surface area contributed by atoms with Crippen molar-refractivity contribution in [1.29, 1.82) is 0 Å². The van der Waals surface area contributed by atoms with Gasteiger partial charge in [-0.25, -0.2) is 0 Å². The van der Waals surface area contributed by atoms with Gasteiger partial charge in [-0.05, 0) is 33.2 Å². The van der Waals surface area contributed by atoms with Crippen molar-refractivity contribution in [2.75, 3.05) is 39.0 Å². The van der Waals surface area contributed by atoms with Crippen LogP contribution in [0.4, 0.5) is 13.2 Å². The van der Waals surface area contributed by atoms with Gasteiger partial charge in [0, 0.05) is 40.9 Å². The second-order valence-electron chi connectivity index (χ2n) is 6.41. The second kappa shape index (κ2) is 11.0. The number of nitrogens with zero attached hydrogens (tertiary/aromatic N) is 2. The van der Waals surface area contributed by atoms with E-state index < -0.39 is 23.5 Å². The molecule has 0 aromatic carbocycles. The van der Waals surface area contributed by atoms with Gasteiger partial charge in [-0.3, -0.25) is 14.1 Å². The van der Waals surface area contributed by atoms with Gasteiger partial charge in [0.15, 0.2) is 5.96 Å². The first-order valence-corrected chi connectivity index (χ1v) is 10.3. The fourth-order valence-electron chi connectivity index (χ4n) is 2.98. The van der Waals surface area contributed by atoms with E-state index in [-0.39, 0.29) is 17.8 Å². The number of guanidine groups is 1. The normalized spacial score (nSPS) is 23.6. The molecular weight excluding hydrogens is 353 g/mol. The van der Waals surface area contributed by atoms with E-state index >= 15 is 0 Å². The molecule has 0 saturated heterocycles. The predicted octanol–water partition coefficient (Wildman–Crippen LogP) is 2.12. The van der Waals surface area contributed by atoms with E-state index in [9.17, 15) is 17.4 Å². The summed E-state index contributed by atoms with van der Waals surface area (Å²) in [5.74, 6) is 1.30. The Bertz CT molecular complexity index is 446. The van der Waals surface area contributed by atoms with E-state index in [1.54, 1.807) is 0 Å². The summed E-state index contributed by atoms with van der Waals surface area (Å²) in [4.78, 5) is 5.59. The van der Waals surface area contributed by atoms with Gasteiger partial charge < -0.3 is 10.6 Å². The maximum Gasteiger partial charge on any atom is 0.401 e. The Morgan fingerprint density at radius 2 is 2.04 bits per heavy atom. The number of aliphatic imine (C=N–C) groups is 1. The first-order chi connectivity index (χ1) is 11.7. The van der Waals surface area contributed by atoms with Gasteiger partial charge in [-0.15, -0.1) is 0 Å². The Labute approximate surface area is 151 Å². The minimum absolute atomic E-state index is 0.208. The third-order valence-electron chi connectivity index (χ3n) is 4.17. The molecule has 1 fully saturated rings. The monoisotopic (exact) mass is 384 g/mol. The van der Waals surface area contributed by atoms with E-state index in [1.807, 2.05) is 13.8 Å². The van der Waals surface area contributed by atoms with Gasteiger partial charge >= 0.3 is 6.18 Å². The fraction of sp³-hybridized carbons (Fsp3) is 0.938. The Morgan fingerprint density at radius 1 is 1.32 bits per heavy atom. The molecule has 0 aromatic rings. The molecule has 0 heterocycles. The van der Waals surface area contributed by atoms with Crippen molar-refractivity contribution in [1.82, 2.24) is 15.5 Å². The van der Waals surface area contributed by atoms with E-state index in [2.05, 4.69) is 15.6 Å². The van der Waals surface area contributed by atoms with Gasteiger partial charge in [-0.2, -0.15) is 13.2 Å². The fourth-order valence-corrected chi connectivity index (χ4v) is 4.33. The first-order valence-electron chi connectivity index (χ1n) is 8.92. The molecule has 0 radical (unpaired) electrons. The Hall–Kier alpha value is -0.830. The van der Waals surface area contributed by atoms with E-state index in [0.717, 1.165) is 25.7 Å². The quantitative estimate of drug-likeness (QED) is 0.497. The van der Waals surface area contributed by atoms with Crippen molar-refractivity contribution >= 4 is 16.8 Å². The Kier molecular flexibility index (Phi) is 9.78. The standard InChI is InChI=1S/C16H31F3N4OS/c1-4-20-15(21-9-10-23(3)12-16(17,18)19)22-13-7-6-8-14(11-13)25(24)5-2/h13-14H,4-12H2,1-3H3,(H2,20,21,22). The van der Waals surface area contributed by atoms with Gasteiger partial charge in [-0.1, -0.05) is 13.3 Å². The molecule has 5 nitrogen and oxygen atoms in total. The van der Waals surface area contributed by atoms with Crippen molar-refractivity contribution in [3.8, 4) is 0 Å². The molecule has 3 atom stereocenters. The Balaban J connectivity index is 2.51. The summed E-state index contributed by atoms with van der Waals surface area (Å²) in [5, 5.41) is 6.70. The van der Waals surface area contributed by atoms with Gasteiger partial charge in [0.05, 0.1) is 13.1 Å². The van der Waals surface area contributed by atoms with Crippen LogP contribution in [0.25, 0.3) is 0 Å². The van der Waals surface area contributed by atoms with Crippen LogP contribution < -0.4 is 10.6 Å². The zero-order valence-corrected chi connectivity index (χ0v) is 16.2. The van der Waals surface area contributed by atoms with E-state index in [1.165, 1.54) is 11.9 Å². The minimum atomic E-state index is -4.19. The zero-order valence-electron chi connectivity index (χ0n) is 15.4. The highest BCUT2D eigenvalue weighted by atomic mass is 32.2. The topological polar surface area (TPSA) is 56.7 Å². The van der Waals surface area contributed by atoms with Crippen LogP contribution in [0.15, 0.2) is 4.99 Å². The molecule has 1 aliphatic carbocycles. The molecule has 148 valence electrons. The summed E-state index contributed by atoms with van der Waals surface area (Å²) < 4.78 is 49.0. The number of hydrogen-bond acceptors (Lipinski definition) is 3. The summed E-state index contributed by atoms with van der Waals surface area (Å²) in [6.45, 7) is 4.17. The molecule has 3 unspecified atom stereocenters. The number of hydrogen-bond donors (Lipinski definition) is 2. The molecule has 0 amide bonds. The number of rotatable bonds is 8. The van der Waals surface area contributed by atoms with Crippen molar-refractivity contribution in [3.63, 3.8) is 0 Å². The maximum atomic E-state index is 12.3. The predicted molar refractivity (Wildman–Crippen MR) is 97.4 cm³/mol. The molecule has 1 saturated carbocycles. The zero-order chi connectivity index (χ0) is 18.9. The number of halogens is 3. The summed E-state index contributed by atoms with van der Waals surface area (Å²) >= 11 is 0. The lowest BCUT2D eigenvalue weighted by Gasteiger charge is -2.30. The summed E-state index contributed by atoms with van der Waals surface area (Å²) in [5.41, 5.74) is 0. The molecule has 25 heavy (non-hydrogen) atoms. The van der Waals surface area contributed by atoms with Crippen LogP contribution in [0.2, 0.25) is 0 Å². The Morgan fingerprint density at radius 3 is 2.64 bits per heavy atom. The average molecular weight is 385 g/mol. The molecular formula is C16H31F3N4OS. The van der Waals surface area contributed by atoms with Crippen molar-refractivity contribution in [2.24, 2.45) is 4.99 Å². The van der Waals surface area contributed by atoms with Crippen molar-refractivity contribution in [2.45, 2.75) is 57.0 Å². The number of alkyl halides is 3. The summed E-state index contributed by atoms with van der Waals surface area (Å²) in [6, 6.07) is 0.208. The summed E-state index contributed by atoms with van der Waals surface area (Å²) in [7, 11) is 0.652. The van der Waals surface area contributed by atoms with Crippen LogP contribution in [0.5, 0.6) is 0 Å². The van der Waals surface area contributed by atoms with E-state index in [4.69, 9.17) is 0 Å². The molecule has 1 rings (SSSR count). The van der Waals surface area contributed by atoms with Crippen molar-refractivity contribution in [3.05, 3.63) is 0 Å². The highest BCUT2D eigenvalue weighted by Crippen LogP contribution is 2.23. The van der Waals surface area contributed by atoms with Crippen LogP contribution in [0, 0.1) is 0 Å². The third kappa shape index (κ3) is 9.44. The molecule has 0 aliphatic heterocycles. The largest absolute Gasteiger partial charge is 0.401 e. The number of nitrogens with one attached hydrogen (secondary N) is 2. The lowest BCUT2D eigenvalue weighted by Crippen LogP contribution is -2.47. The molecule has 9 heteroatoms. The SMILES string of the molecule is CCNC(=NCCN(C)CC(F)(F)F)NC1CCCC(S(=O)CC)C1. The smallest absolute Gasteiger partial charge is 0.357 e.